The predicted molar refractivity (Wildman–Crippen MR) is 162 cm³/mol. The predicted octanol–water partition coefficient (Wildman–Crippen LogP) is 5.89. The molecule has 222 valence electrons. The number of aliphatic hydroxyl groups is 1. The van der Waals surface area contributed by atoms with Crippen LogP contribution < -0.4 is 28.6 Å². The molecule has 43 heavy (non-hydrogen) atoms. The smallest absolute Gasteiger partial charge is 0.301 e. The van der Waals surface area contributed by atoms with Gasteiger partial charge in [-0.1, -0.05) is 17.4 Å². The minimum Gasteiger partial charge on any atom is -0.507 e. The lowest BCUT2D eigenvalue weighted by molar-refractivity contribution is -0.132. The second-order valence-corrected chi connectivity index (χ2v) is 10.7. The van der Waals surface area contributed by atoms with E-state index in [0.29, 0.717) is 83.6 Å². The first-order chi connectivity index (χ1) is 20.9. The van der Waals surface area contributed by atoms with Crippen LogP contribution in [-0.4, -0.2) is 54.8 Å². The molecular formula is C32H30N2O8S. The zero-order valence-corrected chi connectivity index (χ0v) is 24.7. The molecule has 0 unspecified atom stereocenters. The number of ketones is 1. The lowest BCUT2D eigenvalue weighted by atomic mass is 9.95. The zero-order valence-electron chi connectivity index (χ0n) is 23.9. The average molecular weight is 603 g/mol. The number of nitrogens with zero attached hydrogens (tertiary/aromatic N) is 2. The van der Waals surface area contributed by atoms with Crippen molar-refractivity contribution < 1.29 is 38.4 Å². The van der Waals surface area contributed by atoms with Crippen molar-refractivity contribution in [1.29, 1.82) is 0 Å². The summed E-state index contributed by atoms with van der Waals surface area (Å²) in [5, 5.41) is 12.0. The Labute approximate surface area is 252 Å². The summed E-state index contributed by atoms with van der Waals surface area (Å²) in [6.45, 7) is 7.71. The van der Waals surface area contributed by atoms with Crippen molar-refractivity contribution in [3.63, 3.8) is 0 Å². The molecule has 3 aromatic carbocycles. The van der Waals surface area contributed by atoms with Gasteiger partial charge in [-0.25, -0.2) is 4.98 Å². The minimum absolute atomic E-state index is 0.0810. The average Bonchev–Trinajstić information content (AvgIpc) is 3.55. The molecule has 10 nitrogen and oxygen atoms in total. The maximum atomic E-state index is 13.8. The normalized spacial score (nSPS) is 17.4. The molecule has 4 aromatic rings. The molecule has 1 amide bonds. The van der Waals surface area contributed by atoms with Gasteiger partial charge in [0.25, 0.3) is 5.78 Å². The van der Waals surface area contributed by atoms with Gasteiger partial charge >= 0.3 is 5.91 Å². The van der Waals surface area contributed by atoms with E-state index in [1.165, 1.54) is 16.2 Å². The number of aromatic nitrogens is 1. The van der Waals surface area contributed by atoms with Crippen LogP contribution in [0.2, 0.25) is 0 Å². The van der Waals surface area contributed by atoms with E-state index in [1.807, 2.05) is 39.0 Å². The largest absolute Gasteiger partial charge is 0.507 e. The van der Waals surface area contributed by atoms with E-state index < -0.39 is 17.7 Å². The molecule has 1 aromatic heterocycles. The van der Waals surface area contributed by atoms with Crippen molar-refractivity contribution in [3.8, 4) is 28.7 Å². The Kier molecular flexibility index (Phi) is 7.81. The highest BCUT2D eigenvalue weighted by Crippen LogP contribution is 2.46. The number of Topliss-reactive ketones (excluding diaryl/α,β-unsaturated/α-hetero) is 1. The van der Waals surface area contributed by atoms with Gasteiger partial charge in [-0.3, -0.25) is 14.5 Å². The summed E-state index contributed by atoms with van der Waals surface area (Å²) >= 11 is 1.26. The van der Waals surface area contributed by atoms with Crippen LogP contribution in [0.5, 0.6) is 28.7 Å². The van der Waals surface area contributed by atoms with E-state index in [-0.39, 0.29) is 11.3 Å². The van der Waals surface area contributed by atoms with Gasteiger partial charge in [-0.05, 0) is 74.9 Å². The van der Waals surface area contributed by atoms with Gasteiger partial charge in [0.15, 0.2) is 28.1 Å². The highest BCUT2D eigenvalue weighted by molar-refractivity contribution is 7.22. The number of rotatable bonds is 9. The number of ether oxygens (including phenoxy) is 5. The lowest BCUT2D eigenvalue weighted by Crippen LogP contribution is -2.29. The van der Waals surface area contributed by atoms with Crippen LogP contribution in [0, 0.1) is 0 Å². The van der Waals surface area contributed by atoms with Gasteiger partial charge in [-0.15, -0.1) is 0 Å². The van der Waals surface area contributed by atoms with Crippen molar-refractivity contribution in [2.45, 2.75) is 26.8 Å². The Morgan fingerprint density at radius 2 is 1.65 bits per heavy atom. The van der Waals surface area contributed by atoms with Crippen LogP contribution in [0.4, 0.5) is 5.13 Å². The fourth-order valence-electron chi connectivity index (χ4n) is 5.18. The number of carbonyl (C=O) groups excluding carboxylic acids is 2. The Balaban J connectivity index is 1.53. The summed E-state index contributed by atoms with van der Waals surface area (Å²) in [5.41, 5.74) is 1.42. The Hall–Kier alpha value is -4.77. The van der Waals surface area contributed by atoms with Crippen LogP contribution >= 0.6 is 11.3 Å². The highest BCUT2D eigenvalue weighted by atomic mass is 32.1. The number of thiazole rings is 1. The maximum absolute atomic E-state index is 13.8. The Morgan fingerprint density at radius 1 is 0.907 bits per heavy atom. The van der Waals surface area contributed by atoms with Crippen molar-refractivity contribution in [3.05, 3.63) is 71.3 Å². The molecular weight excluding hydrogens is 572 g/mol. The van der Waals surface area contributed by atoms with E-state index in [2.05, 4.69) is 0 Å². The van der Waals surface area contributed by atoms with Crippen LogP contribution in [0.1, 0.15) is 37.9 Å². The summed E-state index contributed by atoms with van der Waals surface area (Å²) < 4.78 is 29.3. The number of fused-ring (bicyclic) bond motifs is 2. The van der Waals surface area contributed by atoms with Gasteiger partial charge < -0.3 is 28.8 Å². The van der Waals surface area contributed by atoms with Gasteiger partial charge in [-0.2, -0.15) is 0 Å². The summed E-state index contributed by atoms with van der Waals surface area (Å²) in [6.07, 6.45) is 0. The molecule has 0 aliphatic carbocycles. The summed E-state index contributed by atoms with van der Waals surface area (Å²) in [7, 11) is 0. The number of anilines is 1. The Bertz CT molecular complexity index is 1750. The fourth-order valence-corrected chi connectivity index (χ4v) is 6.20. The molecule has 6 rings (SSSR count). The van der Waals surface area contributed by atoms with Gasteiger partial charge in [0.05, 0.1) is 41.7 Å². The number of aliphatic hydroxyl groups excluding tert-OH is 1. The summed E-state index contributed by atoms with van der Waals surface area (Å²) in [4.78, 5) is 33.6. The van der Waals surface area contributed by atoms with E-state index in [0.717, 1.165) is 4.70 Å². The maximum Gasteiger partial charge on any atom is 0.301 e. The first kappa shape index (κ1) is 28.4. The first-order valence-corrected chi connectivity index (χ1v) is 14.9. The Morgan fingerprint density at radius 3 is 2.42 bits per heavy atom. The number of hydrogen-bond donors (Lipinski definition) is 1. The third kappa shape index (κ3) is 5.20. The van der Waals surface area contributed by atoms with Crippen molar-refractivity contribution >= 4 is 44.1 Å². The first-order valence-electron chi connectivity index (χ1n) is 14.1. The van der Waals surface area contributed by atoms with Crippen molar-refractivity contribution in [1.82, 2.24) is 4.98 Å². The monoisotopic (exact) mass is 602 g/mol. The molecule has 0 saturated carbocycles. The molecule has 2 aliphatic heterocycles. The zero-order chi connectivity index (χ0) is 30.1. The SMILES string of the molecule is CCOc1ccc2nc(N3C(=O)C(=O)/C(=C(/O)c4ccc5c(c4)OCCO5)[C@H]3c3ccc(OCC)c(OCC)c3)sc2c1. The lowest BCUT2D eigenvalue weighted by Gasteiger charge is -2.24. The molecule has 1 saturated heterocycles. The van der Waals surface area contributed by atoms with Crippen LogP contribution in [0.15, 0.2) is 60.2 Å². The molecule has 1 N–H and O–H groups in total. The van der Waals surface area contributed by atoms with E-state index in [9.17, 15) is 14.7 Å². The molecule has 0 radical (unpaired) electrons. The highest BCUT2D eigenvalue weighted by Gasteiger charge is 2.48. The third-order valence-electron chi connectivity index (χ3n) is 7.01. The van der Waals surface area contributed by atoms with E-state index >= 15 is 0 Å². The van der Waals surface area contributed by atoms with Crippen molar-refractivity contribution in [2.24, 2.45) is 0 Å². The van der Waals surface area contributed by atoms with Gasteiger partial charge in [0, 0.05) is 5.56 Å². The standard InChI is InChI=1S/C32H30N2O8S/c1-4-38-20-9-10-21-26(17-20)43-32(33-21)34-28(18-7-11-22(39-5-2)24(15-18)40-6-3)27(30(36)31(34)37)29(35)19-8-12-23-25(16-19)42-14-13-41-23/h7-12,15-17,28,35H,4-6,13-14H2,1-3H3/b29-27+/t28-/m1/s1. The molecule has 0 spiro atoms. The van der Waals surface area contributed by atoms with E-state index in [4.69, 9.17) is 28.7 Å². The number of hydrogen-bond acceptors (Lipinski definition) is 10. The summed E-state index contributed by atoms with van der Waals surface area (Å²) in [6, 6.07) is 14.6. The fraction of sp³-hybridized carbons (Fsp3) is 0.281. The quantitative estimate of drug-likeness (QED) is 0.142. The molecule has 3 heterocycles. The van der Waals surface area contributed by atoms with E-state index in [1.54, 1.807) is 36.4 Å². The molecule has 2 aliphatic rings. The van der Waals surface area contributed by atoms with Crippen LogP contribution in [0.25, 0.3) is 16.0 Å². The molecule has 11 heteroatoms. The third-order valence-corrected chi connectivity index (χ3v) is 8.03. The molecule has 1 fully saturated rings. The number of benzene rings is 3. The second kappa shape index (κ2) is 11.8. The van der Waals surface area contributed by atoms with Crippen LogP contribution in [0.3, 0.4) is 0 Å². The second-order valence-electron chi connectivity index (χ2n) is 9.66. The minimum atomic E-state index is -1.00. The molecule has 1 atom stereocenters. The van der Waals surface area contributed by atoms with Gasteiger partial charge in [0.1, 0.15) is 24.7 Å². The number of carbonyl (C=O) groups is 2. The number of amides is 1. The van der Waals surface area contributed by atoms with Crippen LogP contribution in [-0.2, 0) is 9.59 Å². The topological polar surface area (TPSA) is 117 Å². The van der Waals surface area contributed by atoms with Crippen molar-refractivity contribution in [2.75, 3.05) is 37.9 Å². The summed E-state index contributed by atoms with van der Waals surface area (Å²) in [5.74, 6) is 0.659. The molecule has 0 bridgehead atoms. The van der Waals surface area contributed by atoms with Gasteiger partial charge in [0.2, 0.25) is 0 Å².